The first kappa shape index (κ1) is 13.2. The number of carbonyl (C=O) groups excluding carboxylic acids is 1. The van der Waals surface area contributed by atoms with Gasteiger partial charge in [-0.3, -0.25) is 14.5 Å². The molecule has 0 heterocycles. The van der Waals surface area contributed by atoms with Crippen molar-refractivity contribution in [2.24, 2.45) is 5.73 Å². The molecule has 0 saturated heterocycles. The third kappa shape index (κ3) is 3.57. The van der Waals surface area contributed by atoms with Gasteiger partial charge in [0.05, 0.1) is 6.54 Å². The van der Waals surface area contributed by atoms with Crippen LogP contribution in [0, 0.1) is 0 Å². The first-order valence-electron chi connectivity index (χ1n) is 5.36. The molecule has 0 aliphatic carbocycles. The number of nitrogens with zero attached hydrogens (tertiary/aromatic N) is 1. The molecule has 1 aromatic rings. The molecule has 1 rings (SSSR count). The number of likely N-dealkylation sites (N-methyl/N-ethyl adjacent to an activating group) is 1. The van der Waals surface area contributed by atoms with Crippen LogP contribution < -0.4 is 5.73 Å². The van der Waals surface area contributed by atoms with Crippen LogP contribution in [0.1, 0.15) is 18.5 Å². The van der Waals surface area contributed by atoms with Gasteiger partial charge in [0.25, 0.3) is 0 Å². The lowest BCUT2D eigenvalue weighted by Crippen LogP contribution is -2.39. The number of amides is 1. The molecule has 0 spiro atoms. The fourth-order valence-electron chi connectivity index (χ4n) is 1.73. The smallest absolute Gasteiger partial charge is 0.325 e. The Kier molecular flexibility index (Phi) is 4.66. The normalized spacial score (nSPS) is 12.4. The molecule has 5 heteroatoms. The van der Waals surface area contributed by atoms with Crippen molar-refractivity contribution >= 4 is 11.9 Å². The van der Waals surface area contributed by atoms with Gasteiger partial charge < -0.3 is 10.8 Å². The minimum absolute atomic E-state index is 0.0671. The van der Waals surface area contributed by atoms with Crippen LogP contribution in [0.15, 0.2) is 30.3 Å². The van der Waals surface area contributed by atoms with Crippen LogP contribution in [-0.2, 0) is 9.59 Å². The molecule has 0 aromatic heterocycles. The van der Waals surface area contributed by atoms with Gasteiger partial charge in [0, 0.05) is 0 Å². The van der Waals surface area contributed by atoms with Gasteiger partial charge in [0.1, 0.15) is 6.04 Å². The largest absolute Gasteiger partial charge is 0.480 e. The number of carboxylic acid groups (broad SMARTS) is 1. The molecule has 1 unspecified atom stereocenters. The van der Waals surface area contributed by atoms with Crippen LogP contribution >= 0.6 is 0 Å². The molecule has 0 aliphatic rings. The van der Waals surface area contributed by atoms with Gasteiger partial charge in [-0.1, -0.05) is 37.3 Å². The average molecular weight is 236 g/mol. The van der Waals surface area contributed by atoms with Crippen molar-refractivity contribution in [3.63, 3.8) is 0 Å². The van der Waals surface area contributed by atoms with E-state index in [0.717, 1.165) is 0 Å². The maximum absolute atomic E-state index is 11.3. The highest BCUT2D eigenvalue weighted by Gasteiger charge is 2.26. The molecule has 17 heavy (non-hydrogen) atoms. The maximum Gasteiger partial charge on any atom is 0.325 e. The van der Waals surface area contributed by atoms with Crippen molar-refractivity contribution in [3.05, 3.63) is 35.9 Å². The van der Waals surface area contributed by atoms with E-state index in [1.807, 2.05) is 6.07 Å². The van der Waals surface area contributed by atoms with Gasteiger partial charge in [-0.05, 0) is 12.1 Å². The standard InChI is InChI=1S/C12H16N2O3/c1-2-14(8-10(13)15)11(12(16)17)9-6-4-3-5-7-9/h3-7,11H,2,8H2,1H3,(H2,13,15)(H,16,17). The van der Waals surface area contributed by atoms with Gasteiger partial charge in [-0.2, -0.15) is 0 Å². The summed E-state index contributed by atoms with van der Waals surface area (Å²) in [6, 6.07) is 7.96. The zero-order valence-electron chi connectivity index (χ0n) is 9.67. The Labute approximate surface area is 99.8 Å². The fraction of sp³-hybridized carbons (Fsp3) is 0.333. The summed E-state index contributed by atoms with van der Waals surface area (Å²) in [5, 5.41) is 9.25. The van der Waals surface area contributed by atoms with Crippen molar-refractivity contribution in [2.45, 2.75) is 13.0 Å². The van der Waals surface area contributed by atoms with Gasteiger partial charge >= 0.3 is 5.97 Å². The third-order valence-electron chi connectivity index (χ3n) is 2.48. The number of primary amides is 1. The van der Waals surface area contributed by atoms with Crippen molar-refractivity contribution in [1.82, 2.24) is 4.90 Å². The van der Waals surface area contributed by atoms with Crippen LogP contribution in [0.3, 0.4) is 0 Å². The van der Waals surface area contributed by atoms with E-state index in [4.69, 9.17) is 5.73 Å². The number of rotatable bonds is 6. The minimum Gasteiger partial charge on any atom is -0.480 e. The molecule has 0 fully saturated rings. The van der Waals surface area contributed by atoms with Gasteiger partial charge in [-0.25, -0.2) is 0 Å². The highest BCUT2D eigenvalue weighted by molar-refractivity contribution is 5.79. The zero-order chi connectivity index (χ0) is 12.8. The average Bonchev–Trinajstić information content (AvgIpc) is 2.28. The van der Waals surface area contributed by atoms with Crippen molar-refractivity contribution in [2.75, 3.05) is 13.1 Å². The Bertz CT molecular complexity index is 392. The van der Waals surface area contributed by atoms with Gasteiger partial charge in [-0.15, -0.1) is 0 Å². The van der Waals surface area contributed by atoms with Gasteiger partial charge in [0.2, 0.25) is 5.91 Å². The maximum atomic E-state index is 11.3. The second-order valence-electron chi connectivity index (χ2n) is 3.68. The second-order valence-corrected chi connectivity index (χ2v) is 3.68. The Morgan fingerprint density at radius 1 is 1.35 bits per heavy atom. The van der Waals surface area contributed by atoms with E-state index in [1.54, 1.807) is 31.2 Å². The molecule has 92 valence electrons. The topological polar surface area (TPSA) is 83.6 Å². The fourth-order valence-corrected chi connectivity index (χ4v) is 1.73. The second kappa shape index (κ2) is 6.00. The number of benzene rings is 1. The minimum atomic E-state index is -0.987. The summed E-state index contributed by atoms with van der Waals surface area (Å²) in [6.45, 7) is 2.17. The summed E-state index contributed by atoms with van der Waals surface area (Å²) in [4.78, 5) is 23.7. The monoisotopic (exact) mass is 236 g/mol. The summed E-state index contributed by atoms with van der Waals surface area (Å²) in [6.07, 6.45) is 0. The van der Waals surface area contributed by atoms with Crippen LogP contribution in [0.5, 0.6) is 0 Å². The quantitative estimate of drug-likeness (QED) is 0.758. The molecular formula is C12H16N2O3. The van der Waals surface area contributed by atoms with E-state index in [-0.39, 0.29) is 6.54 Å². The van der Waals surface area contributed by atoms with E-state index < -0.39 is 17.9 Å². The molecule has 0 saturated carbocycles. The molecule has 0 bridgehead atoms. The summed E-state index contributed by atoms with van der Waals surface area (Å²) >= 11 is 0. The van der Waals surface area contributed by atoms with Crippen molar-refractivity contribution < 1.29 is 14.7 Å². The lowest BCUT2D eigenvalue weighted by molar-refractivity contribution is -0.144. The Morgan fingerprint density at radius 3 is 2.35 bits per heavy atom. The molecule has 1 amide bonds. The highest BCUT2D eigenvalue weighted by atomic mass is 16.4. The van der Waals surface area contributed by atoms with Crippen molar-refractivity contribution in [1.29, 1.82) is 0 Å². The van der Waals surface area contributed by atoms with E-state index in [0.29, 0.717) is 12.1 Å². The number of hydrogen-bond donors (Lipinski definition) is 2. The highest BCUT2D eigenvalue weighted by Crippen LogP contribution is 2.20. The van der Waals surface area contributed by atoms with Crippen molar-refractivity contribution in [3.8, 4) is 0 Å². The molecule has 5 nitrogen and oxygen atoms in total. The Morgan fingerprint density at radius 2 is 1.94 bits per heavy atom. The number of hydrogen-bond acceptors (Lipinski definition) is 3. The van der Waals surface area contributed by atoms with E-state index in [2.05, 4.69) is 0 Å². The molecule has 0 radical (unpaired) electrons. The molecule has 3 N–H and O–H groups in total. The number of aliphatic carboxylic acids is 1. The first-order valence-corrected chi connectivity index (χ1v) is 5.36. The predicted octanol–water partition coefficient (Wildman–Crippen LogP) is 0.620. The number of nitrogens with two attached hydrogens (primary N) is 1. The Hall–Kier alpha value is -1.88. The first-order chi connectivity index (χ1) is 8.06. The van der Waals surface area contributed by atoms with Crippen LogP contribution in [-0.4, -0.2) is 35.0 Å². The molecule has 0 aliphatic heterocycles. The van der Waals surface area contributed by atoms with E-state index in [1.165, 1.54) is 4.90 Å². The third-order valence-corrected chi connectivity index (χ3v) is 2.48. The lowest BCUT2D eigenvalue weighted by Gasteiger charge is -2.26. The number of carbonyl (C=O) groups is 2. The van der Waals surface area contributed by atoms with E-state index in [9.17, 15) is 14.7 Å². The summed E-state index contributed by atoms with van der Waals surface area (Å²) in [5.74, 6) is -1.52. The summed E-state index contributed by atoms with van der Waals surface area (Å²) in [5.41, 5.74) is 5.75. The number of carboxylic acids is 1. The molecular weight excluding hydrogens is 220 g/mol. The Balaban J connectivity index is 2.99. The lowest BCUT2D eigenvalue weighted by atomic mass is 10.1. The molecule has 1 aromatic carbocycles. The zero-order valence-corrected chi connectivity index (χ0v) is 9.67. The summed E-state index contributed by atoms with van der Waals surface area (Å²) in [7, 11) is 0. The summed E-state index contributed by atoms with van der Waals surface area (Å²) < 4.78 is 0. The van der Waals surface area contributed by atoms with Crippen LogP contribution in [0.25, 0.3) is 0 Å². The predicted molar refractivity (Wildman–Crippen MR) is 63.3 cm³/mol. The SMILES string of the molecule is CCN(CC(N)=O)C(C(=O)O)c1ccccc1. The van der Waals surface area contributed by atoms with Gasteiger partial charge in [0.15, 0.2) is 0 Å². The van der Waals surface area contributed by atoms with E-state index >= 15 is 0 Å². The molecule has 1 atom stereocenters. The van der Waals surface area contributed by atoms with Crippen LogP contribution in [0.2, 0.25) is 0 Å². The van der Waals surface area contributed by atoms with Crippen LogP contribution in [0.4, 0.5) is 0 Å².